The molecule has 0 unspecified atom stereocenters. The molecular formula is C44H49N7O8. The fraction of sp³-hybridized carbons (Fsp3) is 0.341. The molecule has 5 amide bonds. The largest absolute Gasteiger partial charge is 0.493 e. The van der Waals surface area contributed by atoms with Crippen molar-refractivity contribution in [1.29, 1.82) is 0 Å². The van der Waals surface area contributed by atoms with Crippen LogP contribution in [0.2, 0.25) is 0 Å². The molecule has 15 nitrogen and oxygen atoms in total. The van der Waals surface area contributed by atoms with E-state index in [4.69, 9.17) is 13.9 Å². The lowest BCUT2D eigenvalue weighted by Crippen LogP contribution is -2.41. The highest BCUT2D eigenvalue weighted by Crippen LogP contribution is 2.42. The lowest BCUT2D eigenvalue weighted by Gasteiger charge is -2.25. The van der Waals surface area contributed by atoms with Gasteiger partial charge in [0.05, 0.1) is 36.7 Å². The molecule has 0 saturated carbocycles. The van der Waals surface area contributed by atoms with Crippen LogP contribution in [0, 0.1) is 0 Å². The number of carbonyl (C=O) groups is 5. The first-order valence-corrected chi connectivity index (χ1v) is 19.9. The maximum Gasteiger partial charge on any atom is 0.287 e. The molecule has 5 aromatic rings. The van der Waals surface area contributed by atoms with E-state index < -0.39 is 5.91 Å². The van der Waals surface area contributed by atoms with Crippen LogP contribution in [0.15, 0.2) is 77.3 Å². The maximum atomic E-state index is 13.9. The van der Waals surface area contributed by atoms with Crippen LogP contribution in [0.4, 0.5) is 22.7 Å². The number of rotatable bonds is 16. The molecule has 0 radical (unpaired) electrons. The van der Waals surface area contributed by atoms with E-state index in [1.54, 1.807) is 49.7 Å². The Morgan fingerprint density at radius 2 is 1.71 bits per heavy atom. The molecule has 4 N–H and O–H groups in total. The highest BCUT2D eigenvalue weighted by Gasteiger charge is 2.39. The van der Waals surface area contributed by atoms with Gasteiger partial charge in [0.1, 0.15) is 11.3 Å². The molecule has 4 heterocycles. The van der Waals surface area contributed by atoms with Crippen LogP contribution in [0.3, 0.4) is 0 Å². The van der Waals surface area contributed by atoms with Crippen molar-refractivity contribution < 1.29 is 37.9 Å². The van der Waals surface area contributed by atoms with E-state index in [0.717, 1.165) is 36.2 Å². The maximum absolute atomic E-state index is 13.9. The second kappa shape index (κ2) is 17.8. The van der Waals surface area contributed by atoms with Gasteiger partial charge in [0.25, 0.3) is 17.7 Å². The molecule has 0 spiro atoms. The third-order valence-corrected chi connectivity index (χ3v) is 10.6. The minimum absolute atomic E-state index is 0.0174. The van der Waals surface area contributed by atoms with Crippen LogP contribution in [0.25, 0.3) is 11.0 Å². The summed E-state index contributed by atoms with van der Waals surface area (Å²) in [5.41, 5.74) is 5.25. The second-order valence-corrected chi connectivity index (χ2v) is 14.7. The molecule has 0 fully saturated rings. The van der Waals surface area contributed by atoms with Gasteiger partial charge >= 0.3 is 0 Å². The van der Waals surface area contributed by atoms with Gasteiger partial charge in [0.2, 0.25) is 11.8 Å². The van der Waals surface area contributed by atoms with E-state index >= 15 is 0 Å². The van der Waals surface area contributed by atoms with E-state index in [0.29, 0.717) is 64.6 Å². The van der Waals surface area contributed by atoms with Crippen molar-refractivity contribution in [2.24, 2.45) is 0 Å². The zero-order valence-corrected chi connectivity index (χ0v) is 33.7. The van der Waals surface area contributed by atoms with Crippen molar-refractivity contribution in [2.45, 2.75) is 58.0 Å². The van der Waals surface area contributed by atoms with Crippen molar-refractivity contribution in [3.8, 4) is 11.5 Å². The monoisotopic (exact) mass is 803 g/mol. The van der Waals surface area contributed by atoms with E-state index in [2.05, 4.69) is 39.2 Å². The quantitative estimate of drug-likeness (QED) is 0.0875. The lowest BCUT2D eigenvalue weighted by atomic mass is 10.1. The van der Waals surface area contributed by atoms with Crippen LogP contribution in [0.5, 0.6) is 11.5 Å². The van der Waals surface area contributed by atoms with Crippen LogP contribution in [-0.2, 0) is 22.6 Å². The number of hydrogen-bond acceptors (Lipinski definition) is 9. The van der Waals surface area contributed by atoms with Gasteiger partial charge in [-0.25, -0.2) is 0 Å². The zero-order valence-electron chi connectivity index (χ0n) is 33.7. The Morgan fingerprint density at radius 1 is 0.881 bits per heavy atom. The smallest absolute Gasteiger partial charge is 0.287 e. The number of likely N-dealkylation sites (N-methyl/N-ethyl adjacent to an activating group) is 1. The minimum Gasteiger partial charge on any atom is -0.493 e. The van der Waals surface area contributed by atoms with E-state index in [1.807, 2.05) is 40.8 Å². The Morgan fingerprint density at radius 3 is 2.51 bits per heavy atom. The number of furan rings is 1. The number of nitrogens with one attached hydrogen (secondary N) is 4. The van der Waals surface area contributed by atoms with Crippen molar-refractivity contribution in [2.75, 3.05) is 61.3 Å². The molecule has 0 bridgehead atoms. The number of nitrogens with zero attached hydrogens (tertiary/aromatic N) is 3. The first-order valence-electron chi connectivity index (χ1n) is 19.9. The van der Waals surface area contributed by atoms with Gasteiger partial charge in [-0.3, -0.25) is 24.0 Å². The van der Waals surface area contributed by atoms with Gasteiger partial charge in [-0.2, -0.15) is 0 Å². The number of carbonyl (C=O) groups excluding carboxylic acids is 5. The first kappa shape index (κ1) is 40.4. The minimum atomic E-state index is -0.448. The summed E-state index contributed by atoms with van der Waals surface area (Å²) in [7, 11) is 5.05. The summed E-state index contributed by atoms with van der Waals surface area (Å²) in [4.78, 5) is 68.6. The Labute approximate surface area is 342 Å². The summed E-state index contributed by atoms with van der Waals surface area (Å²) in [6.45, 7) is 3.70. The van der Waals surface area contributed by atoms with Crippen molar-refractivity contribution in [3.05, 3.63) is 95.5 Å². The highest BCUT2D eigenvalue weighted by molar-refractivity contribution is 6.12. The Kier molecular flexibility index (Phi) is 12.2. The molecule has 308 valence electrons. The van der Waals surface area contributed by atoms with Gasteiger partial charge < -0.3 is 49.5 Å². The predicted octanol–water partition coefficient (Wildman–Crippen LogP) is 5.98. The second-order valence-electron chi connectivity index (χ2n) is 14.7. The summed E-state index contributed by atoms with van der Waals surface area (Å²) in [5, 5.41) is 11.6. The van der Waals surface area contributed by atoms with Gasteiger partial charge in [0, 0.05) is 75.6 Å². The fourth-order valence-corrected chi connectivity index (χ4v) is 7.59. The number of benzene rings is 3. The van der Waals surface area contributed by atoms with Crippen molar-refractivity contribution in [1.82, 2.24) is 15.2 Å². The van der Waals surface area contributed by atoms with Gasteiger partial charge in [-0.1, -0.05) is 31.5 Å². The van der Waals surface area contributed by atoms with Crippen molar-refractivity contribution >= 4 is 63.3 Å². The molecule has 2 aliphatic rings. The third-order valence-electron chi connectivity index (χ3n) is 10.6. The number of methoxy groups -OCH3 is 1. The predicted molar refractivity (Wildman–Crippen MR) is 225 cm³/mol. The van der Waals surface area contributed by atoms with E-state index in [-0.39, 0.29) is 61.4 Å². The molecule has 3 aromatic carbocycles. The Hall–Kier alpha value is -6.77. The number of unbranched alkanes of at least 4 members (excludes halogenated alkanes) is 1. The Bertz CT molecular complexity index is 2400. The number of hydrogen-bond donors (Lipinski definition) is 4. The van der Waals surface area contributed by atoms with Gasteiger partial charge in [-0.05, 0) is 67.3 Å². The standard InChI is InChI=1S/C44H49N7O8/c1-5-6-17-50-25-30(22-35(50)42(54)48-29-13-14-36-28(19-29)21-39(59-36)43(55)46-16-15-40(52)45-2)47-41(53)12-9-18-58-38-24-34-32(23-37(38)57-4)44(56)51-31(26-49(34)3)20-27-10-7-8-11-33(27)51/h7-8,10-11,13-14,19,21-25,31H,5-6,9,12,15-18,20,26H2,1-4H3,(H,45,52)(H,46,55)(H,47,53)(H,48,54)/t31-/m0/s1. The molecule has 0 saturated heterocycles. The van der Waals surface area contributed by atoms with E-state index in [1.165, 1.54) is 7.05 Å². The summed E-state index contributed by atoms with van der Waals surface area (Å²) >= 11 is 0. The summed E-state index contributed by atoms with van der Waals surface area (Å²) in [5.74, 6) is -0.284. The Balaban J connectivity index is 0.952. The van der Waals surface area contributed by atoms with Crippen LogP contribution in [0.1, 0.15) is 76.0 Å². The van der Waals surface area contributed by atoms with Gasteiger partial charge in [-0.15, -0.1) is 0 Å². The number of anilines is 4. The van der Waals surface area contributed by atoms with Gasteiger partial charge in [0.15, 0.2) is 17.3 Å². The number of aromatic nitrogens is 1. The SMILES string of the molecule is CCCCn1cc(NC(=O)CCCOc2cc3c(cc2OC)C(=O)N2c4ccccc4C[C@H]2CN3C)cc1C(=O)Nc1ccc2oc(C(=O)NCCC(=O)NC)cc2c1. The summed E-state index contributed by atoms with van der Waals surface area (Å²) in [6.07, 6.45) is 5.02. The molecule has 2 aliphatic heterocycles. The summed E-state index contributed by atoms with van der Waals surface area (Å²) in [6, 6.07) is 19.9. The molecule has 7 rings (SSSR count). The number of ether oxygens (including phenoxy) is 2. The molecular weight excluding hydrogens is 755 g/mol. The van der Waals surface area contributed by atoms with Crippen LogP contribution in [-0.4, -0.2) is 81.0 Å². The topological polar surface area (TPSA) is 176 Å². The fourth-order valence-electron chi connectivity index (χ4n) is 7.59. The number of aryl methyl sites for hydroxylation is 1. The lowest BCUT2D eigenvalue weighted by molar-refractivity contribution is -0.120. The van der Waals surface area contributed by atoms with Crippen molar-refractivity contribution in [3.63, 3.8) is 0 Å². The first-order chi connectivity index (χ1) is 28.6. The molecule has 59 heavy (non-hydrogen) atoms. The number of fused-ring (bicyclic) bond motifs is 5. The average molecular weight is 804 g/mol. The molecule has 0 aliphatic carbocycles. The highest BCUT2D eigenvalue weighted by atomic mass is 16.5. The third kappa shape index (κ3) is 8.88. The average Bonchev–Trinajstić information content (AvgIpc) is 3.94. The number of amides is 5. The van der Waals surface area contributed by atoms with Crippen LogP contribution >= 0.6 is 0 Å². The molecule has 2 aromatic heterocycles. The summed E-state index contributed by atoms with van der Waals surface area (Å²) < 4.78 is 19.3. The normalized spacial score (nSPS) is 14.2. The molecule has 1 atom stereocenters. The number of para-hydroxylation sites is 1. The van der Waals surface area contributed by atoms with Crippen LogP contribution < -0.4 is 40.5 Å². The van der Waals surface area contributed by atoms with E-state index in [9.17, 15) is 24.0 Å². The zero-order chi connectivity index (χ0) is 41.6. The molecule has 15 heteroatoms.